The average molecular weight is 436 g/mol. The smallest absolute Gasteiger partial charge is 0.337 e. The van der Waals surface area contributed by atoms with E-state index >= 15 is 0 Å². The van der Waals surface area contributed by atoms with Crippen molar-refractivity contribution in [2.45, 2.75) is 18.0 Å². The van der Waals surface area contributed by atoms with Gasteiger partial charge in [-0.05, 0) is 36.4 Å². The molecule has 158 valence electrons. The minimum absolute atomic E-state index is 0.0904. The van der Waals surface area contributed by atoms with Crippen LogP contribution >= 0.6 is 11.8 Å². The summed E-state index contributed by atoms with van der Waals surface area (Å²) in [6, 6.07) is 15.8. The van der Waals surface area contributed by atoms with Gasteiger partial charge >= 0.3 is 5.97 Å². The summed E-state index contributed by atoms with van der Waals surface area (Å²) >= 11 is 1.32. The molecule has 3 aromatic rings. The molecule has 8 heteroatoms. The number of aromatic amines is 1. The third-order valence-corrected chi connectivity index (χ3v) is 5.58. The molecule has 0 saturated heterocycles. The molecule has 1 atom stereocenters. The summed E-state index contributed by atoms with van der Waals surface area (Å²) in [7, 11) is 0. The molecule has 0 saturated carbocycles. The lowest BCUT2D eigenvalue weighted by atomic mass is 9.81. The minimum Gasteiger partial charge on any atom is -0.508 e. The highest BCUT2D eigenvalue weighted by Gasteiger charge is 2.38. The van der Waals surface area contributed by atoms with Gasteiger partial charge in [-0.3, -0.25) is 4.79 Å². The van der Waals surface area contributed by atoms with Crippen LogP contribution in [0.4, 0.5) is 5.82 Å². The number of ether oxygens (including phenoxy) is 1. The topological polar surface area (TPSA) is 104 Å². The lowest BCUT2D eigenvalue weighted by Crippen LogP contribution is -2.31. The molecule has 0 spiro atoms. The Balaban J connectivity index is 2.04. The number of hydrogen-bond acceptors (Lipinski definition) is 7. The number of phenols is 1. The van der Waals surface area contributed by atoms with Gasteiger partial charge in [-0.1, -0.05) is 54.2 Å². The van der Waals surface area contributed by atoms with Crippen molar-refractivity contribution in [2.24, 2.45) is 0 Å². The quantitative estimate of drug-likeness (QED) is 0.319. The number of nitrogens with zero attached hydrogens (tertiary/aromatic N) is 1. The van der Waals surface area contributed by atoms with Gasteiger partial charge in [0.15, 0.2) is 5.16 Å². The normalized spacial score (nSPS) is 15.2. The van der Waals surface area contributed by atoms with Gasteiger partial charge in [0.2, 0.25) is 0 Å². The number of carbonyl (C=O) groups excluding carboxylic acids is 1. The molecule has 7 nitrogen and oxygen atoms in total. The Morgan fingerprint density at radius 1 is 1.16 bits per heavy atom. The van der Waals surface area contributed by atoms with Crippen LogP contribution in [0.15, 0.2) is 70.1 Å². The second-order valence-electron chi connectivity index (χ2n) is 6.86. The molecule has 0 amide bonds. The molecule has 0 radical (unpaired) electrons. The molecule has 3 N–H and O–H groups in total. The molecule has 0 aliphatic carbocycles. The Morgan fingerprint density at radius 2 is 1.87 bits per heavy atom. The number of thioether (sulfide) groups is 1. The predicted molar refractivity (Wildman–Crippen MR) is 120 cm³/mol. The molecular formula is C23H21N3O4S. The third-order valence-electron chi connectivity index (χ3n) is 5.00. The summed E-state index contributed by atoms with van der Waals surface area (Å²) in [6.07, 6.45) is 1.82. The molecule has 0 fully saturated rings. The lowest BCUT2D eigenvalue weighted by molar-refractivity contribution is -0.138. The standard InChI is InChI=1S/C23H21N3O4S/c1-3-30-22(29)17-16(13-9-11-15(27)12-10-13)18-20(25-23(31-2)26-21(18)28)24-19(17)14-7-5-4-6-8-14/h4-12,16,27H,3H2,1-2H3,(H2,24,25,26,28). The van der Waals surface area contributed by atoms with Crippen LogP contribution in [0.3, 0.4) is 0 Å². The Labute approximate surface area is 183 Å². The zero-order chi connectivity index (χ0) is 22.0. The van der Waals surface area contributed by atoms with E-state index in [1.54, 1.807) is 19.1 Å². The summed E-state index contributed by atoms with van der Waals surface area (Å²) < 4.78 is 5.39. The number of rotatable bonds is 5. The SMILES string of the molecule is CCOC(=O)C1=C(c2ccccc2)Nc2nc(SC)[nH]c(=O)c2C1c1ccc(O)cc1. The van der Waals surface area contributed by atoms with Crippen molar-refractivity contribution < 1.29 is 14.6 Å². The van der Waals surface area contributed by atoms with E-state index in [9.17, 15) is 14.7 Å². The van der Waals surface area contributed by atoms with Crippen LogP contribution in [0, 0.1) is 0 Å². The van der Waals surface area contributed by atoms with Gasteiger partial charge < -0.3 is 20.1 Å². The van der Waals surface area contributed by atoms with Crippen LogP contribution in [-0.2, 0) is 9.53 Å². The van der Waals surface area contributed by atoms with E-state index < -0.39 is 11.9 Å². The maximum absolute atomic E-state index is 13.2. The Hall–Kier alpha value is -3.52. The summed E-state index contributed by atoms with van der Waals surface area (Å²) in [6.45, 7) is 1.93. The Kier molecular flexibility index (Phi) is 5.81. The van der Waals surface area contributed by atoms with E-state index in [0.717, 1.165) is 5.56 Å². The van der Waals surface area contributed by atoms with Crippen molar-refractivity contribution in [3.8, 4) is 5.75 Å². The fourth-order valence-electron chi connectivity index (χ4n) is 3.66. The van der Waals surface area contributed by atoms with E-state index in [1.165, 1.54) is 23.9 Å². The fourth-order valence-corrected chi connectivity index (χ4v) is 4.03. The van der Waals surface area contributed by atoms with Crippen LogP contribution < -0.4 is 10.9 Å². The Bertz CT molecular complexity index is 1200. The molecule has 4 rings (SSSR count). The van der Waals surface area contributed by atoms with Crippen LogP contribution in [-0.4, -0.2) is 33.9 Å². The monoisotopic (exact) mass is 435 g/mol. The predicted octanol–water partition coefficient (Wildman–Crippen LogP) is 3.73. The van der Waals surface area contributed by atoms with Gasteiger partial charge in [0, 0.05) is 0 Å². The van der Waals surface area contributed by atoms with Crippen molar-refractivity contribution >= 4 is 29.2 Å². The first-order valence-corrected chi connectivity index (χ1v) is 11.0. The van der Waals surface area contributed by atoms with Crippen molar-refractivity contribution in [1.29, 1.82) is 0 Å². The lowest BCUT2D eigenvalue weighted by Gasteiger charge is -2.30. The third kappa shape index (κ3) is 3.94. The first-order valence-electron chi connectivity index (χ1n) is 9.74. The van der Waals surface area contributed by atoms with Gasteiger partial charge in [-0.15, -0.1) is 0 Å². The largest absolute Gasteiger partial charge is 0.508 e. The molecule has 31 heavy (non-hydrogen) atoms. The number of aromatic nitrogens is 2. The van der Waals surface area contributed by atoms with Gasteiger partial charge in [0.05, 0.1) is 29.4 Å². The highest BCUT2D eigenvalue weighted by Crippen LogP contribution is 2.43. The van der Waals surface area contributed by atoms with Gasteiger partial charge in [-0.25, -0.2) is 9.78 Å². The van der Waals surface area contributed by atoms with Crippen molar-refractivity contribution in [3.05, 3.63) is 87.2 Å². The number of anilines is 1. The molecule has 1 aliphatic rings. The van der Waals surface area contributed by atoms with Gasteiger partial charge in [-0.2, -0.15) is 0 Å². The molecular weight excluding hydrogens is 414 g/mol. The maximum atomic E-state index is 13.2. The summed E-state index contributed by atoms with van der Waals surface area (Å²) in [5.41, 5.74) is 2.28. The second kappa shape index (κ2) is 8.69. The highest BCUT2D eigenvalue weighted by atomic mass is 32.2. The number of H-pyrrole nitrogens is 1. The number of phenolic OH excluding ortho intramolecular Hbond substituents is 1. The Morgan fingerprint density at radius 3 is 2.52 bits per heavy atom. The van der Waals surface area contributed by atoms with Crippen molar-refractivity contribution in [1.82, 2.24) is 9.97 Å². The van der Waals surface area contributed by atoms with Gasteiger partial charge in [0.25, 0.3) is 5.56 Å². The van der Waals surface area contributed by atoms with Crippen LogP contribution in [0.5, 0.6) is 5.75 Å². The number of nitrogens with one attached hydrogen (secondary N) is 2. The summed E-state index contributed by atoms with van der Waals surface area (Å²) in [4.78, 5) is 33.6. The number of esters is 1. The number of aromatic hydroxyl groups is 1. The van der Waals surface area contributed by atoms with E-state index in [1.807, 2.05) is 36.6 Å². The highest BCUT2D eigenvalue weighted by molar-refractivity contribution is 7.98. The first-order chi connectivity index (χ1) is 15.0. The number of benzene rings is 2. The van der Waals surface area contributed by atoms with E-state index in [2.05, 4.69) is 15.3 Å². The fraction of sp³-hybridized carbons (Fsp3) is 0.174. The van der Waals surface area contributed by atoms with Crippen LogP contribution in [0.25, 0.3) is 5.70 Å². The van der Waals surface area contributed by atoms with Crippen molar-refractivity contribution in [2.75, 3.05) is 18.2 Å². The molecule has 1 aromatic heterocycles. The van der Waals surface area contributed by atoms with Crippen LogP contribution in [0.1, 0.15) is 29.5 Å². The summed E-state index contributed by atoms with van der Waals surface area (Å²) in [5, 5.41) is 13.4. The zero-order valence-corrected chi connectivity index (χ0v) is 17.8. The zero-order valence-electron chi connectivity index (χ0n) is 17.0. The van der Waals surface area contributed by atoms with E-state index in [-0.39, 0.29) is 17.9 Å². The van der Waals surface area contributed by atoms with Crippen LogP contribution in [0.2, 0.25) is 0 Å². The first kappa shape index (κ1) is 20.7. The molecule has 1 unspecified atom stereocenters. The number of carbonyl (C=O) groups is 1. The average Bonchev–Trinajstić information content (AvgIpc) is 2.79. The minimum atomic E-state index is -0.724. The number of fused-ring (bicyclic) bond motifs is 1. The maximum Gasteiger partial charge on any atom is 0.337 e. The number of hydrogen-bond donors (Lipinski definition) is 3. The summed E-state index contributed by atoms with van der Waals surface area (Å²) in [5.74, 6) is -0.769. The molecule has 1 aliphatic heterocycles. The second-order valence-corrected chi connectivity index (χ2v) is 7.66. The van der Waals surface area contributed by atoms with E-state index in [4.69, 9.17) is 4.74 Å². The van der Waals surface area contributed by atoms with Crippen molar-refractivity contribution in [3.63, 3.8) is 0 Å². The molecule has 2 aromatic carbocycles. The molecule has 0 bridgehead atoms. The van der Waals surface area contributed by atoms with E-state index in [0.29, 0.717) is 33.4 Å². The van der Waals surface area contributed by atoms with Gasteiger partial charge in [0.1, 0.15) is 11.6 Å². The molecule has 2 heterocycles.